The van der Waals surface area contributed by atoms with Crippen LogP contribution in [0.15, 0.2) is 38.0 Å². The topological polar surface area (TPSA) is 263 Å². The summed E-state index contributed by atoms with van der Waals surface area (Å²) in [7, 11) is 0. The molecule has 81 heavy (non-hydrogen) atoms. The summed E-state index contributed by atoms with van der Waals surface area (Å²) in [4.78, 5) is 32.9. The van der Waals surface area contributed by atoms with E-state index in [1.165, 1.54) is 0 Å². The van der Waals surface area contributed by atoms with Gasteiger partial charge < -0.3 is 109 Å². The molecule has 0 saturated heterocycles. The number of rotatable bonds is 70. The van der Waals surface area contributed by atoms with Gasteiger partial charge in [0, 0.05) is 23.6 Å². The van der Waals surface area contributed by atoms with Gasteiger partial charge in [0.2, 0.25) is 0 Å². The van der Waals surface area contributed by atoms with Crippen molar-refractivity contribution in [3.8, 4) is 0 Å². The van der Waals surface area contributed by atoms with Gasteiger partial charge in [-0.15, -0.1) is 0 Å². The lowest BCUT2D eigenvalue weighted by Gasteiger charge is -2.32. The molecule has 0 amide bonds. The van der Waals surface area contributed by atoms with Crippen molar-refractivity contribution < 1.29 is 123 Å². The molecule has 0 bridgehead atoms. The standard InChI is InChI=1S/C55H100O26/c1-5-52(56)79-46-43-73-34-31-67-22-19-61-11-9-59-13-16-64-25-28-70-37-40-76-49-55(8-4,51-78-42-39-72-30-27-66-18-15-63-21-24-69-33-36-75-45-48-81-54(58)7-3)50-77-41-38-71-29-26-65-17-14-60-10-12-62-20-23-68-32-35-74-44-47-80-53(57)6-2/h5-7H,1-3,8-51H2,4H3. The van der Waals surface area contributed by atoms with E-state index >= 15 is 0 Å². The lowest BCUT2D eigenvalue weighted by molar-refractivity contribution is -0.140. The maximum atomic E-state index is 11.0. The first-order valence-electron chi connectivity index (χ1n) is 27.8. The highest BCUT2D eigenvalue weighted by molar-refractivity contribution is 5.81. The first kappa shape index (κ1) is 77.8. The van der Waals surface area contributed by atoms with Gasteiger partial charge in [0.15, 0.2) is 0 Å². The molecule has 0 aromatic carbocycles. The summed E-state index contributed by atoms with van der Waals surface area (Å²) >= 11 is 0. The van der Waals surface area contributed by atoms with E-state index < -0.39 is 23.3 Å². The molecule has 0 heterocycles. The average molecular weight is 1180 g/mol. The van der Waals surface area contributed by atoms with Crippen LogP contribution in [0.4, 0.5) is 0 Å². The first-order chi connectivity index (χ1) is 39.9. The van der Waals surface area contributed by atoms with Gasteiger partial charge in [0.05, 0.1) is 264 Å². The highest BCUT2D eigenvalue weighted by Gasteiger charge is 2.30. The predicted octanol–water partition coefficient (Wildman–Crippen LogP) is 1.90. The van der Waals surface area contributed by atoms with E-state index in [0.29, 0.717) is 264 Å². The minimum atomic E-state index is -0.477. The van der Waals surface area contributed by atoms with Crippen LogP contribution in [0.2, 0.25) is 0 Å². The fraction of sp³-hybridized carbons (Fsp3) is 0.836. The van der Waals surface area contributed by atoms with Crippen LogP contribution in [0.25, 0.3) is 0 Å². The van der Waals surface area contributed by atoms with Crippen molar-refractivity contribution >= 4 is 17.9 Å². The minimum absolute atomic E-state index is 0.172. The van der Waals surface area contributed by atoms with Crippen LogP contribution in [-0.4, -0.2) is 302 Å². The molecule has 0 rings (SSSR count). The van der Waals surface area contributed by atoms with E-state index in [-0.39, 0.29) is 19.8 Å². The highest BCUT2D eigenvalue weighted by atomic mass is 16.6. The molecule has 0 spiro atoms. The van der Waals surface area contributed by atoms with E-state index in [1.807, 2.05) is 0 Å². The van der Waals surface area contributed by atoms with Crippen LogP contribution in [0, 0.1) is 5.41 Å². The Labute approximate surface area is 480 Å². The lowest BCUT2D eigenvalue weighted by Crippen LogP contribution is -2.38. The Morgan fingerprint density at radius 3 is 0.481 bits per heavy atom. The summed E-state index contributed by atoms with van der Waals surface area (Å²) in [6.45, 7) is 29.1. The molecule has 26 nitrogen and oxygen atoms in total. The number of carbonyl (C=O) groups excluding carboxylic acids is 3. The van der Waals surface area contributed by atoms with Crippen LogP contribution in [0.1, 0.15) is 13.3 Å². The van der Waals surface area contributed by atoms with Crippen LogP contribution in [0.3, 0.4) is 0 Å². The largest absolute Gasteiger partial charge is 0.460 e. The molecule has 0 atom stereocenters. The molecular weight excluding hydrogens is 1080 g/mol. The van der Waals surface area contributed by atoms with Gasteiger partial charge in [-0.1, -0.05) is 26.7 Å². The average Bonchev–Trinajstić information content (AvgIpc) is 3.48. The Morgan fingerprint density at radius 1 is 0.235 bits per heavy atom. The van der Waals surface area contributed by atoms with Crippen LogP contribution < -0.4 is 0 Å². The van der Waals surface area contributed by atoms with Crippen molar-refractivity contribution in [2.24, 2.45) is 5.41 Å². The molecule has 0 aliphatic carbocycles. The monoisotopic (exact) mass is 1180 g/mol. The molecule has 0 aliphatic rings. The third-order valence-corrected chi connectivity index (χ3v) is 10.2. The van der Waals surface area contributed by atoms with Crippen molar-refractivity contribution in [1.29, 1.82) is 0 Å². The minimum Gasteiger partial charge on any atom is -0.460 e. The Morgan fingerprint density at radius 2 is 0.358 bits per heavy atom. The molecule has 0 aliphatic heterocycles. The van der Waals surface area contributed by atoms with Crippen LogP contribution >= 0.6 is 0 Å². The van der Waals surface area contributed by atoms with Crippen LogP contribution in [0.5, 0.6) is 0 Å². The van der Waals surface area contributed by atoms with E-state index in [2.05, 4.69) is 26.7 Å². The zero-order chi connectivity index (χ0) is 58.7. The maximum Gasteiger partial charge on any atom is 0.330 e. The summed E-state index contributed by atoms with van der Waals surface area (Å²) in [6, 6.07) is 0. The number of ether oxygens (including phenoxy) is 23. The summed E-state index contributed by atoms with van der Waals surface area (Å²) in [6.07, 6.45) is 4.07. The van der Waals surface area contributed by atoms with Gasteiger partial charge >= 0.3 is 17.9 Å². The van der Waals surface area contributed by atoms with Gasteiger partial charge in [-0.3, -0.25) is 0 Å². The number of hydrogen-bond donors (Lipinski definition) is 0. The molecule has 0 fully saturated rings. The predicted molar refractivity (Wildman–Crippen MR) is 293 cm³/mol. The second-order valence-electron chi connectivity index (χ2n) is 16.5. The molecule has 0 aromatic rings. The maximum absolute atomic E-state index is 11.0. The van der Waals surface area contributed by atoms with E-state index in [9.17, 15) is 14.4 Å². The van der Waals surface area contributed by atoms with Crippen molar-refractivity contribution in [2.45, 2.75) is 13.3 Å². The van der Waals surface area contributed by atoms with Gasteiger partial charge in [-0.25, -0.2) is 14.4 Å². The van der Waals surface area contributed by atoms with Crippen LogP contribution in [-0.2, 0) is 123 Å². The summed E-state index contributed by atoms with van der Waals surface area (Å²) in [5.74, 6) is -1.43. The first-order valence-corrected chi connectivity index (χ1v) is 27.8. The van der Waals surface area contributed by atoms with Gasteiger partial charge in [0.1, 0.15) is 19.8 Å². The zero-order valence-corrected chi connectivity index (χ0v) is 48.6. The van der Waals surface area contributed by atoms with E-state index in [4.69, 9.17) is 109 Å². The van der Waals surface area contributed by atoms with Gasteiger partial charge in [-0.05, 0) is 6.42 Å². The molecule has 476 valence electrons. The number of esters is 3. The fourth-order valence-corrected chi connectivity index (χ4v) is 5.82. The van der Waals surface area contributed by atoms with Crippen molar-refractivity contribution in [3.05, 3.63) is 38.0 Å². The van der Waals surface area contributed by atoms with Gasteiger partial charge in [-0.2, -0.15) is 0 Å². The van der Waals surface area contributed by atoms with Crippen molar-refractivity contribution in [1.82, 2.24) is 0 Å². The Hall–Kier alpha value is -3.17. The van der Waals surface area contributed by atoms with E-state index in [1.54, 1.807) is 0 Å². The summed E-state index contributed by atoms with van der Waals surface area (Å²) < 4.78 is 127. The van der Waals surface area contributed by atoms with Gasteiger partial charge in [0.25, 0.3) is 0 Å². The smallest absolute Gasteiger partial charge is 0.330 e. The van der Waals surface area contributed by atoms with Crippen molar-refractivity contribution in [2.75, 3.05) is 284 Å². The van der Waals surface area contributed by atoms with E-state index in [0.717, 1.165) is 24.6 Å². The molecular formula is C55H100O26. The summed E-state index contributed by atoms with van der Waals surface area (Å²) in [5, 5.41) is 0. The third kappa shape index (κ3) is 61.2. The molecule has 0 unspecified atom stereocenters. The Balaban J connectivity index is 4.20. The number of hydrogen-bond acceptors (Lipinski definition) is 26. The second-order valence-corrected chi connectivity index (χ2v) is 16.5. The molecule has 0 radical (unpaired) electrons. The summed E-state index contributed by atoms with van der Waals surface area (Å²) in [5.41, 5.74) is -0.404. The fourth-order valence-electron chi connectivity index (χ4n) is 5.82. The SMILES string of the molecule is C=CC(=O)OCCOCCOCCOCCOCCOCCOCCOCC(CC)(COCCOCCOCCOCCOCCOCCOCCOC(=O)C=C)COCCOCCOCCOCCOCCOCCOC(=O)C=C. The molecule has 26 heteroatoms. The zero-order valence-electron chi connectivity index (χ0n) is 48.6. The molecule has 0 N–H and O–H groups in total. The molecule has 0 aromatic heterocycles. The highest BCUT2D eigenvalue weighted by Crippen LogP contribution is 2.24. The number of carbonyl (C=O) groups is 3. The normalized spacial score (nSPS) is 11.5. The Kier molecular flexibility index (Phi) is 63.4. The van der Waals surface area contributed by atoms with Crippen molar-refractivity contribution in [3.63, 3.8) is 0 Å². The second kappa shape index (κ2) is 66.0. The quantitative estimate of drug-likeness (QED) is 0.0364. The Bertz CT molecular complexity index is 1320. The third-order valence-electron chi connectivity index (χ3n) is 10.2. The lowest BCUT2D eigenvalue weighted by atomic mass is 9.88. The molecule has 0 saturated carbocycles.